The zero-order valence-corrected chi connectivity index (χ0v) is 12.7. The van der Waals surface area contributed by atoms with Crippen LogP contribution in [0, 0.1) is 6.92 Å². The number of aromatic nitrogens is 1. The van der Waals surface area contributed by atoms with Crippen LogP contribution in [0.2, 0.25) is 0 Å². The van der Waals surface area contributed by atoms with Crippen LogP contribution in [0.25, 0.3) is 0 Å². The Balaban J connectivity index is 1.66. The minimum Gasteiger partial charge on any atom is -0.445 e. The molecule has 1 fully saturated rings. The molecule has 0 spiro atoms. The average Bonchev–Trinajstić information content (AvgIpc) is 3.03. The van der Waals surface area contributed by atoms with Gasteiger partial charge in [-0.05, 0) is 36.5 Å². The first kappa shape index (κ1) is 14.6. The number of carbonyl (C=O) groups excluding carboxylic acids is 1. The van der Waals surface area contributed by atoms with E-state index in [2.05, 4.69) is 11.1 Å². The molecular formula is C18H20N2O2. The first-order chi connectivity index (χ1) is 10.7. The van der Waals surface area contributed by atoms with Crippen molar-refractivity contribution >= 4 is 6.09 Å². The molecule has 2 aromatic rings. The number of nitrogens with zero attached hydrogens (tertiary/aromatic N) is 2. The van der Waals surface area contributed by atoms with Crippen molar-refractivity contribution in [3.05, 3.63) is 65.5 Å². The van der Waals surface area contributed by atoms with Gasteiger partial charge in [-0.3, -0.25) is 4.98 Å². The van der Waals surface area contributed by atoms with E-state index < -0.39 is 0 Å². The van der Waals surface area contributed by atoms with E-state index in [1.165, 1.54) is 0 Å². The van der Waals surface area contributed by atoms with E-state index in [0.717, 1.165) is 36.1 Å². The Labute approximate surface area is 130 Å². The van der Waals surface area contributed by atoms with Crippen LogP contribution in [0.3, 0.4) is 0 Å². The maximum absolute atomic E-state index is 12.4. The SMILES string of the molecule is Cc1cncc([C@@H]2CCCN2C(=O)OCc2ccccc2)c1. The van der Waals surface area contributed by atoms with Gasteiger partial charge in [0.1, 0.15) is 6.61 Å². The lowest BCUT2D eigenvalue weighted by Crippen LogP contribution is -2.31. The highest BCUT2D eigenvalue weighted by Crippen LogP contribution is 2.32. The zero-order chi connectivity index (χ0) is 15.4. The molecule has 3 rings (SSSR count). The number of hydrogen-bond acceptors (Lipinski definition) is 3. The van der Waals surface area contributed by atoms with Gasteiger partial charge in [0.2, 0.25) is 0 Å². The summed E-state index contributed by atoms with van der Waals surface area (Å²) in [6.07, 6.45) is 5.40. The molecule has 2 heterocycles. The van der Waals surface area contributed by atoms with E-state index in [9.17, 15) is 4.79 Å². The van der Waals surface area contributed by atoms with Crippen molar-refractivity contribution in [1.29, 1.82) is 0 Å². The molecule has 22 heavy (non-hydrogen) atoms. The van der Waals surface area contributed by atoms with Crippen molar-refractivity contribution in [2.75, 3.05) is 6.54 Å². The first-order valence-corrected chi connectivity index (χ1v) is 7.63. The summed E-state index contributed by atoms with van der Waals surface area (Å²) in [6, 6.07) is 11.9. The molecule has 0 unspecified atom stereocenters. The number of aryl methyl sites for hydroxylation is 1. The van der Waals surface area contributed by atoms with E-state index in [0.29, 0.717) is 6.61 Å². The van der Waals surface area contributed by atoms with Gasteiger partial charge < -0.3 is 9.64 Å². The molecule has 0 saturated carbocycles. The normalized spacial score (nSPS) is 17.5. The molecular weight excluding hydrogens is 276 g/mol. The topological polar surface area (TPSA) is 42.4 Å². The molecule has 0 aliphatic carbocycles. The monoisotopic (exact) mass is 296 g/mol. The summed E-state index contributed by atoms with van der Waals surface area (Å²) in [6.45, 7) is 3.07. The van der Waals surface area contributed by atoms with Crippen molar-refractivity contribution in [3.8, 4) is 0 Å². The molecule has 0 N–H and O–H groups in total. The predicted octanol–water partition coefficient (Wildman–Crippen LogP) is 3.86. The number of amides is 1. The van der Waals surface area contributed by atoms with E-state index in [4.69, 9.17) is 4.74 Å². The second-order valence-corrected chi connectivity index (χ2v) is 5.69. The molecule has 4 nitrogen and oxygen atoms in total. The number of carbonyl (C=O) groups is 1. The minimum atomic E-state index is -0.243. The van der Waals surface area contributed by atoms with Crippen LogP contribution < -0.4 is 0 Å². The van der Waals surface area contributed by atoms with Crippen molar-refractivity contribution < 1.29 is 9.53 Å². The smallest absolute Gasteiger partial charge is 0.410 e. The molecule has 1 saturated heterocycles. The van der Waals surface area contributed by atoms with E-state index in [-0.39, 0.29) is 12.1 Å². The number of likely N-dealkylation sites (tertiary alicyclic amines) is 1. The Hall–Kier alpha value is -2.36. The van der Waals surface area contributed by atoms with Crippen LogP contribution in [0.15, 0.2) is 48.8 Å². The predicted molar refractivity (Wildman–Crippen MR) is 84.3 cm³/mol. The number of pyridine rings is 1. The van der Waals surface area contributed by atoms with Crippen molar-refractivity contribution in [2.45, 2.75) is 32.4 Å². The van der Waals surface area contributed by atoms with Crippen LogP contribution in [-0.4, -0.2) is 22.5 Å². The van der Waals surface area contributed by atoms with E-state index in [1.807, 2.05) is 54.5 Å². The van der Waals surface area contributed by atoms with E-state index in [1.54, 1.807) is 0 Å². The molecule has 0 bridgehead atoms. The lowest BCUT2D eigenvalue weighted by Gasteiger charge is -2.24. The van der Waals surface area contributed by atoms with Crippen LogP contribution >= 0.6 is 0 Å². The highest BCUT2D eigenvalue weighted by atomic mass is 16.6. The Morgan fingerprint density at radius 2 is 2.14 bits per heavy atom. The second-order valence-electron chi connectivity index (χ2n) is 5.69. The fourth-order valence-corrected chi connectivity index (χ4v) is 2.89. The van der Waals surface area contributed by atoms with Gasteiger partial charge in [-0.2, -0.15) is 0 Å². The first-order valence-electron chi connectivity index (χ1n) is 7.63. The molecule has 114 valence electrons. The van der Waals surface area contributed by atoms with Crippen LogP contribution in [-0.2, 0) is 11.3 Å². The standard InChI is InChI=1S/C18H20N2O2/c1-14-10-16(12-19-11-14)17-8-5-9-20(17)18(21)22-13-15-6-3-2-4-7-15/h2-4,6-7,10-12,17H,5,8-9,13H2,1H3/t17-/m0/s1. The van der Waals surface area contributed by atoms with Crippen molar-refractivity contribution in [1.82, 2.24) is 9.88 Å². The summed E-state index contributed by atoms with van der Waals surface area (Å²) in [5, 5.41) is 0. The van der Waals surface area contributed by atoms with Gasteiger partial charge >= 0.3 is 6.09 Å². The number of hydrogen-bond donors (Lipinski definition) is 0. The molecule has 1 aromatic carbocycles. The second kappa shape index (κ2) is 6.60. The Morgan fingerprint density at radius 3 is 2.91 bits per heavy atom. The number of benzene rings is 1. The fraction of sp³-hybridized carbons (Fsp3) is 0.333. The quantitative estimate of drug-likeness (QED) is 0.863. The fourth-order valence-electron chi connectivity index (χ4n) is 2.89. The Kier molecular flexibility index (Phi) is 4.37. The lowest BCUT2D eigenvalue weighted by atomic mass is 10.1. The largest absolute Gasteiger partial charge is 0.445 e. The summed E-state index contributed by atoms with van der Waals surface area (Å²) < 4.78 is 5.46. The van der Waals surface area contributed by atoms with Crippen LogP contribution in [0.4, 0.5) is 4.79 Å². The summed E-state index contributed by atoms with van der Waals surface area (Å²) in [5.41, 5.74) is 3.21. The highest BCUT2D eigenvalue weighted by molar-refractivity contribution is 5.68. The number of rotatable bonds is 3. The summed E-state index contributed by atoms with van der Waals surface area (Å²) in [7, 11) is 0. The molecule has 1 aliphatic rings. The average molecular weight is 296 g/mol. The Morgan fingerprint density at radius 1 is 1.32 bits per heavy atom. The summed E-state index contributed by atoms with van der Waals surface area (Å²) >= 11 is 0. The van der Waals surface area contributed by atoms with Gasteiger partial charge in [-0.15, -0.1) is 0 Å². The van der Waals surface area contributed by atoms with Gasteiger partial charge in [0, 0.05) is 18.9 Å². The van der Waals surface area contributed by atoms with Gasteiger partial charge in [0.15, 0.2) is 0 Å². The van der Waals surface area contributed by atoms with Gasteiger partial charge in [-0.25, -0.2) is 4.79 Å². The van der Waals surface area contributed by atoms with Gasteiger partial charge in [0.25, 0.3) is 0 Å². The maximum atomic E-state index is 12.4. The van der Waals surface area contributed by atoms with Crippen LogP contribution in [0.1, 0.15) is 35.6 Å². The summed E-state index contributed by atoms with van der Waals surface area (Å²) in [4.78, 5) is 18.4. The van der Waals surface area contributed by atoms with Gasteiger partial charge in [0.05, 0.1) is 6.04 Å². The van der Waals surface area contributed by atoms with Crippen LogP contribution in [0.5, 0.6) is 0 Å². The van der Waals surface area contributed by atoms with Crippen molar-refractivity contribution in [2.24, 2.45) is 0 Å². The van der Waals surface area contributed by atoms with Crippen molar-refractivity contribution in [3.63, 3.8) is 0 Å². The summed E-state index contributed by atoms with van der Waals surface area (Å²) in [5.74, 6) is 0. The minimum absolute atomic E-state index is 0.0793. The molecule has 0 radical (unpaired) electrons. The number of ether oxygens (including phenoxy) is 1. The lowest BCUT2D eigenvalue weighted by molar-refractivity contribution is 0.0920. The Bertz CT molecular complexity index is 643. The molecule has 4 heteroatoms. The molecule has 1 amide bonds. The highest BCUT2D eigenvalue weighted by Gasteiger charge is 2.31. The molecule has 1 aromatic heterocycles. The van der Waals surface area contributed by atoms with E-state index >= 15 is 0 Å². The third kappa shape index (κ3) is 3.27. The third-order valence-electron chi connectivity index (χ3n) is 3.97. The maximum Gasteiger partial charge on any atom is 0.410 e. The molecule has 1 atom stereocenters. The zero-order valence-electron chi connectivity index (χ0n) is 12.7. The molecule has 1 aliphatic heterocycles. The van der Waals surface area contributed by atoms with Gasteiger partial charge in [-0.1, -0.05) is 36.4 Å². The third-order valence-corrected chi connectivity index (χ3v) is 3.97.